The van der Waals surface area contributed by atoms with Gasteiger partial charge in [0.25, 0.3) is 0 Å². The number of benzene rings is 1. The fourth-order valence-electron chi connectivity index (χ4n) is 3.24. The predicted octanol–water partition coefficient (Wildman–Crippen LogP) is 4.76. The van der Waals surface area contributed by atoms with E-state index in [4.69, 9.17) is 16.3 Å². The predicted molar refractivity (Wildman–Crippen MR) is 115 cm³/mol. The lowest BCUT2D eigenvalue weighted by molar-refractivity contribution is -0.0494. The Kier molecular flexibility index (Phi) is 7.29. The molecule has 1 saturated heterocycles. The lowest BCUT2D eigenvalue weighted by Crippen LogP contribution is -2.44. The van der Waals surface area contributed by atoms with Gasteiger partial charge in [-0.25, -0.2) is 13.4 Å². The summed E-state index contributed by atoms with van der Waals surface area (Å²) in [5, 5.41) is 1.30. The number of nitrogens with zero attached hydrogens (tertiary/aromatic N) is 3. The Morgan fingerprint density at radius 1 is 1.35 bits per heavy atom. The zero-order valence-electron chi connectivity index (χ0n) is 16.8. The van der Waals surface area contributed by atoms with Crippen LogP contribution in [0.3, 0.4) is 0 Å². The van der Waals surface area contributed by atoms with E-state index < -0.39 is 15.5 Å². The second kappa shape index (κ2) is 9.43. The Labute approximate surface area is 187 Å². The average molecular weight is 496 g/mol. The van der Waals surface area contributed by atoms with Crippen LogP contribution in [0.5, 0.6) is 5.75 Å². The van der Waals surface area contributed by atoms with Crippen molar-refractivity contribution in [2.45, 2.75) is 37.8 Å². The molecule has 0 amide bonds. The second-order valence-corrected chi connectivity index (χ2v) is 10.5. The van der Waals surface area contributed by atoms with Gasteiger partial charge in [0, 0.05) is 37.8 Å². The number of hydrogen-bond donors (Lipinski definition) is 0. The zero-order valence-corrected chi connectivity index (χ0v) is 19.2. The maximum absolute atomic E-state index is 12.7. The molecule has 0 aliphatic carbocycles. The summed E-state index contributed by atoms with van der Waals surface area (Å²) in [5.41, 5.74) is -3.70. The van der Waals surface area contributed by atoms with E-state index in [0.29, 0.717) is 27.9 Å². The zero-order chi connectivity index (χ0) is 22.8. The molecule has 1 aromatic heterocycles. The van der Waals surface area contributed by atoms with E-state index in [-0.39, 0.29) is 25.6 Å². The highest BCUT2D eigenvalue weighted by Gasteiger charge is 2.50. The molecule has 31 heavy (non-hydrogen) atoms. The van der Waals surface area contributed by atoms with E-state index in [1.165, 1.54) is 11.3 Å². The van der Waals surface area contributed by atoms with Crippen molar-refractivity contribution in [1.29, 1.82) is 0 Å². The van der Waals surface area contributed by atoms with Gasteiger partial charge in [-0.2, -0.15) is 17.5 Å². The normalized spacial score (nSPS) is 16.8. The van der Waals surface area contributed by atoms with Crippen molar-refractivity contribution in [3.05, 3.63) is 44.4 Å². The Morgan fingerprint density at radius 3 is 2.61 bits per heavy atom. The molecule has 6 nitrogen and oxygen atoms in total. The van der Waals surface area contributed by atoms with Crippen LogP contribution < -0.4 is 4.74 Å². The molecule has 0 radical (unpaired) electrons. The van der Waals surface area contributed by atoms with Crippen molar-refractivity contribution in [3.8, 4) is 5.75 Å². The van der Waals surface area contributed by atoms with E-state index in [1.807, 2.05) is 6.92 Å². The lowest BCUT2D eigenvalue weighted by atomic mass is 9.99. The third-order valence-corrected chi connectivity index (χ3v) is 8.21. The van der Waals surface area contributed by atoms with Crippen molar-refractivity contribution in [2.75, 3.05) is 20.1 Å². The fraction of sp³-hybridized carbons (Fsp3) is 0.474. The summed E-state index contributed by atoms with van der Waals surface area (Å²) in [6.45, 7) is 1.77. The minimum Gasteiger partial charge on any atom is -0.488 e. The average Bonchev–Trinajstić information content (AvgIpc) is 3.08. The Bertz CT molecular complexity index is 1060. The standard InChI is InChI=1S/C19H21ClF3N3O3S2/c1-12-17(11-29-15-4-3-14(10-24-2)16(20)9-15)30-18(25-12)13-5-7-26(8-6-13)31(27,28)19(21,22)23/h3-4,9-10,13H,5-8,11H2,1-2H3. The molecule has 1 aromatic carbocycles. The summed E-state index contributed by atoms with van der Waals surface area (Å²) in [4.78, 5) is 9.37. The monoisotopic (exact) mass is 495 g/mol. The summed E-state index contributed by atoms with van der Waals surface area (Å²) in [6, 6.07) is 5.29. The maximum atomic E-state index is 12.7. The van der Waals surface area contributed by atoms with Gasteiger partial charge >= 0.3 is 15.5 Å². The summed E-state index contributed by atoms with van der Waals surface area (Å²) in [5.74, 6) is 0.512. The molecule has 0 spiro atoms. The SMILES string of the molecule is CN=Cc1ccc(OCc2sc(C3CCN(S(=O)(=O)C(F)(F)F)CC3)nc2C)cc1Cl. The van der Waals surface area contributed by atoms with Gasteiger partial charge in [0.15, 0.2) is 0 Å². The van der Waals surface area contributed by atoms with Gasteiger partial charge in [0.2, 0.25) is 0 Å². The smallest absolute Gasteiger partial charge is 0.488 e. The number of sulfonamides is 1. The fourth-order valence-corrected chi connectivity index (χ4v) is 5.59. The number of aromatic nitrogens is 1. The third-order valence-electron chi connectivity index (χ3n) is 4.95. The molecule has 2 heterocycles. The Morgan fingerprint density at radius 2 is 2.03 bits per heavy atom. The van der Waals surface area contributed by atoms with E-state index in [2.05, 4.69) is 9.98 Å². The number of halogens is 4. The van der Waals surface area contributed by atoms with Gasteiger partial charge < -0.3 is 4.74 Å². The van der Waals surface area contributed by atoms with Gasteiger partial charge in [-0.1, -0.05) is 11.6 Å². The molecule has 3 rings (SSSR count). The van der Waals surface area contributed by atoms with Crippen LogP contribution in [0, 0.1) is 6.92 Å². The molecule has 12 heteroatoms. The maximum Gasteiger partial charge on any atom is 0.511 e. The molecular formula is C19H21ClF3N3O3S2. The van der Waals surface area contributed by atoms with E-state index >= 15 is 0 Å². The number of aryl methyl sites for hydroxylation is 1. The van der Waals surface area contributed by atoms with Gasteiger partial charge in [0.05, 0.1) is 20.6 Å². The van der Waals surface area contributed by atoms with Crippen molar-refractivity contribution >= 4 is 39.2 Å². The molecule has 170 valence electrons. The molecule has 0 bridgehead atoms. The van der Waals surface area contributed by atoms with Crippen LogP contribution >= 0.6 is 22.9 Å². The van der Waals surface area contributed by atoms with Crippen LogP contribution in [0.2, 0.25) is 5.02 Å². The molecule has 0 atom stereocenters. The van der Waals surface area contributed by atoms with Gasteiger partial charge in [-0.05, 0) is 38.0 Å². The van der Waals surface area contributed by atoms with Crippen LogP contribution in [0.4, 0.5) is 13.2 Å². The van der Waals surface area contributed by atoms with Crippen LogP contribution in [-0.2, 0) is 16.6 Å². The molecule has 0 unspecified atom stereocenters. The van der Waals surface area contributed by atoms with Crippen LogP contribution in [-0.4, -0.2) is 49.6 Å². The first-order chi connectivity index (χ1) is 14.5. The second-order valence-electron chi connectivity index (χ2n) is 7.04. The molecule has 1 aliphatic heterocycles. The molecular weight excluding hydrogens is 475 g/mol. The highest BCUT2D eigenvalue weighted by molar-refractivity contribution is 7.90. The van der Waals surface area contributed by atoms with Crippen molar-refractivity contribution < 1.29 is 26.3 Å². The third kappa shape index (κ3) is 5.39. The van der Waals surface area contributed by atoms with Gasteiger partial charge in [-0.3, -0.25) is 4.99 Å². The van der Waals surface area contributed by atoms with Crippen LogP contribution in [0.1, 0.15) is 39.9 Å². The first-order valence-corrected chi connectivity index (χ1v) is 12.0. The Balaban J connectivity index is 1.62. The highest BCUT2D eigenvalue weighted by Crippen LogP contribution is 2.36. The van der Waals surface area contributed by atoms with E-state index in [9.17, 15) is 21.6 Å². The summed E-state index contributed by atoms with van der Waals surface area (Å²) >= 11 is 7.64. The van der Waals surface area contributed by atoms with Crippen molar-refractivity contribution in [1.82, 2.24) is 9.29 Å². The van der Waals surface area contributed by atoms with E-state index in [1.54, 1.807) is 31.5 Å². The largest absolute Gasteiger partial charge is 0.511 e. The van der Waals surface area contributed by atoms with Crippen LogP contribution in [0.15, 0.2) is 23.2 Å². The highest BCUT2D eigenvalue weighted by atomic mass is 35.5. The number of ether oxygens (including phenoxy) is 1. The first-order valence-electron chi connectivity index (χ1n) is 9.40. The van der Waals surface area contributed by atoms with Gasteiger partial charge in [-0.15, -0.1) is 11.3 Å². The van der Waals surface area contributed by atoms with Crippen molar-refractivity contribution in [2.24, 2.45) is 4.99 Å². The summed E-state index contributed by atoms with van der Waals surface area (Å²) < 4.78 is 67.7. The first kappa shape index (κ1) is 24.0. The molecule has 0 saturated carbocycles. The molecule has 2 aromatic rings. The van der Waals surface area contributed by atoms with Gasteiger partial charge in [0.1, 0.15) is 12.4 Å². The number of piperidine rings is 1. The Hall–Kier alpha value is -1.69. The number of alkyl halides is 3. The minimum atomic E-state index is -5.28. The topological polar surface area (TPSA) is 71.9 Å². The summed E-state index contributed by atoms with van der Waals surface area (Å²) in [7, 11) is -3.62. The number of rotatable bonds is 6. The van der Waals surface area contributed by atoms with Crippen LogP contribution in [0.25, 0.3) is 0 Å². The summed E-state index contributed by atoms with van der Waals surface area (Å²) in [6.07, 6.45) is 2.23. The molecule has 1 aliphatic rings. The molecule has 0 N–H and O–H groups in total. The number of hydrogen-bond acceptors (Lipinski definition) is 6. The lowest BCUT2D eigenvalue weighted by Gasteiger charge is -2.30. The number of aliphatic imine (C=N–C) groups is 1. The van der Waals surface area contributed by atoms with Crippen molar-refractivity contribution in [3.63, 3.8) is 0 Å². The molecule has 1 fully saturated rings. The number of thiazole rings is 1. The van der Waals surface area contributed by atoms with E-state index in [0.717, 1.165) is 21.1 Å². The quantitative estimate of drug-likeness (QED) is 0.542. The minimum absolute atomic E-state index is 0.0841.